The Morgan fingerprint density at radius 2 is 2.25 bits per heavy atom. The van der Waals surface area contributed by atoms with Crippen LogP contribution in [0.1, 0.15) is 25.4 Å². The second-order valence-electron chi connectivity index (χ2n) is 2.46. The number of imidazole rings is 1. The first-order chi connectivity index (χ1) is 5.77. The zero-order valence-electron chi connectivity index (χ0n) is 7.65. The van der Waals surface area contributed by atoms with Gasteiger partial charge >= 0.3 is 0 Å². The predicted molar refractivity (Wildman–Crippen MR) is 51.2 cm³/mol. The molecule has 0 aliphatic rings. The molecule has 0 saturated heterocycles. The van der Waals surface area contributed by atoms with Gasteiger partial charge < -0.3 is 0 Å². The maximum atomic E-state index is 4.28. The standard InChI is InChI=1S/C9H13N3/c1-4-6-9-11-8(3)7-12(9)10-5-2/h4-7H,1-3H3/b6-4-,10-5-. The average molecular weight is 163 g/mol. The van der Waals surface area contributed by atoms with E-state index in [2.05, 4.69) is 10.1 Å². The molecule has 64 valence electrons. The first-order valence-electron chi connectivity index (χ1n) is 3.95. The van der Waals surface area contributed by atoms with Gasteiger partial charge in [-0.1, -0.05) is 6.08 Å². The molecule has 1 aromatic rings. The van der Waals surface area contributed by atoms with Gasteiger partial charge in [0.1, 0.15) is 0 Å². The fourth-order valence-electron chi connectivity index (χ4n) is 0.983. The van der Waals surface area contributed by atoms with Crippen molar-refractivity contribution in [2.75, 3.05) is 0 Å². The summed E-state index contributed by atoms with van der Waals surface area (Å²) in [5.41, 5.74) is 0.980. The molecule has 1 rings (SSSR count). The van der Waals surface area contributed by atoms with E-state index in [-0.39, 0.29) is 0 Å². The fourth-order valence-corrected chi connectivity index (χ4v) is 0.983. The molecule has 1 aromatic heterocycles. The summed E-state index contributed by atoms with van der Waals surface area (Å²) in [5, 5.41) is 4.12. The zero-order valence-corrected chi connectivity index (χ0v) is 7.65. The summed E-state index contributed by atoms with van der Waals surface area (Å²) in [7, 11) is 0. The van der Waals surface area contributed by atoms with E-state index in [1.165, 1.54) is 0 Å². The van der Waals surface area contributed by atoms with Crippen molar-refractivity contribution in [1.82, 2.24) is 9.66 Å². The highest BCUT2D eigenvalue weighted by Crippen LogP contribution is 2.03. The molecule has 12 heavy (non-hydrogen) atoms. The van der Waals surface area contributed by atoms with Gasteiger partial charge in [-0.25, -0.2) is 9.66 Å². The molecule has 0 aromatic carbocycles. The van der Waals surface area contributed by atoms with Crippen LogP contribution >= 0.6 is 0 Å². The molecule has 1 heterocycles. The SMILES string of the molecule is C/C=C\c1nc(C)cn1/N=C\C. The van der Waals surface area contributed by atoms with Crippen molar-refractivity contribution in [3.05, 3.63) is 23.8 Å². The first-order valence-corrected chi connectivity index (χ1v) is 3.95. The molecule has 0 N–H and O–H groups in total. The summed E-state index contributed by atoms with van der Waals surface area (Å²) in [6, 6.07) is 0. The summed E-state index contributed by atoms with van der Waals surface area (Å²) >= 11 is 0. The van der Waals surface area contributed by atoms with E-state index in [0.29, 0.717) is 0 Å². The fraction of sp³-hybridized carbons (Fsp3) is 0.333. The van der Waals surface area contributed by atoms with Crippen LogP contribution in [0.3, 0.4) is 0 Å². The zero-order chi connectivity index (χ0) is 8.97. The lowest BCUT2D eigenvalue weighted by Gasteiger charge is -1.92. The minimum atomic E-state index is 0.869. The minimum absolute atomic E-state index is 0.869. The summed E-state index contributed by atoms with van der Waals surface area (Å²) < 4.78 is 1.76. The molecule has 0 bridgehead atoms. The highest BCUT2D eigenvalue weighted by molar-refractivity contribution is 5.53. The third kappa shape index (κ3) is 1.81. The second-order valence-corrected chi connectivity index (χ2v) is 2.46. The third-order valence-corrected chi connectivity index (χ3v) is 1.39. The Balaban J connectivity index is 3.07. The Bertz CT molecular complexity index is 278. The molecule has 0 atom stereocenters. The van der Waals surface area contributed by atoms with Gasteiger partial charge in [0.15, 0.2) is 5.82 Å². The molecule has 0 aliphatic carbocycles. The van der Waals surface area contributed by atoms with Gasteiger partial charge in [0, 0.05) is 6.21 Å². The first kappa shape index (κ1) is 8.71. The van der Waals surface area contributed by atoms with Crippen LogP contribution in [-0.2, 0) is 0 Å². The van der Waals surface area contributed by atoms with E-state index in [1.54, 1.807) is 10.9 Å². The monoisotopic (exact) mass is 163 g/mol. The Morgan fingerprint density at radius 3 is 2.83 bits per heavy atom. The summed E-state index contributed by atoms with van der Waals surface area (Å²) in [4.78, 5) is 4.28. The maximum Gasteiger partial charge on any atom is 0.153 e. The number of nitrogens with zero attached hydrogens (tertiary/aromatic N) is 3. The molecule has 0 radical (unpaired) electrons. The Kier molecular flexibility index (Phi) is 2.80. The van der Waals surface area contributed by atoms with Crippen molar-refractivity contribution in [3.8, 4) is 0 Å². The molecular formula is C9H13N3. The van der Waals surface area contributed by atoms with Gasteiger partial charge in [0.25, 0.3) is 0 Å². The molecular weight excluding hydrogens is 150 g/mol. The Hall–Kier alpha value is -1.38. The van der Waals surface area contributed by atoms with Gasteiger partial charge in [-0.2, -0.15) is 5.10 Å². The molecule has 3 heteroatoms. The number of aryl methyl sites for hydroxylation is 1. The number of hydrogen-bond acceptors (Lipinski definition) is 2. The normalized spacial score (nSPS) is 11.9. The van der Waals surface area contributed by atoms with Crippen LogP contribution in [0.25, 0.3) is 6.08 Å². The summed E-state index contributed by atoms with van der Waals surface area (Å²) in [6.45, 7) is 5.80. The van der Waals surface area contributed by atoms with Crippen molar-refractivity contribution < 1.29 is 0 Å². The second kappa shape index (κ2) is 3.85. The van der Waals surface area contributed by atoms with E-state index >= 15 is 0 Å². The smallest absolute Gasteiger partial charge is 0.153 e. The van der Waals surface area contributed by atoms with Crippen molar-refractivity contribution in [2.24, 2.45) is 5.10 Å². The molecule has 0 fully saturated rings. The number of hydrogen-bond donors (Lipinski definition) is 0. The van der Waals surface area contributed by atoms with Crippen molar-refractivity contribution in [3.63, 3.8) is 0 Å². The van der Waals surface area contributed by atoms with Gasteiger partial charge in [0.2, 0.25) is 0 Å². The van der Waals surface area contributed by atoms with Gasteiger partial charge in [-0.15, -0.1) is 0 Å². The van der Waals surface area contributed by atoms with E-state index in [9.17, 15) is 0 Å². The van der Waals surface area contributed by atoms with Gasteiger partial charge in [-0.05, 0) is 26.8 Å². The van der Waals surface area contributed by atoms with E-state index in [1.807, 2.05) is 39.1 Å². The number of aromatic nitrogens is 2. The van der Waals surface area contributed by atoms with Crippen molar-refractivity contribution >= 4 is 12.3 Å². The quantitative estimate of drug-likeness (QED) is 0.614. The van der Waals surface area contributed by atoms with E-state index in [4.69, 9.17) is 0 Å². The lowest BCUT2D eigenvalue weighted by Crippen LogP contribution is -1.89. The Labute approximate surface area is 72.4 Å². The maximum absolute atomic E-state index is 4.28. The van der Waals surface area contributed by atoms with Gasteiger partial charge in [-0.3, -0.25) is 0 Å². The highest BCUT2D eigenvalue weighted by atomic mass is 15.4. The number of allylic oxidation sites excluding steroid dienone is 1. The molecule has 0 saturated carbocycles. The van der Waals surface area contributed by atoms with Crippen LogP contribution in [0.4, 0.5) is 0 Å². The van der Waals surface area contributed by atoms with Crippen LogP contribution < -0.4 is 0 Å². The van der Waals surface area contributed by atoms with Crippen LogP contribution in [0.5, 0.6) is 0 Å². The highest BCUT2D eigenvalue weighted by Gasteiger charge is 1.98. The number of rotatable bonds is 2. The lowest BCUT2D eigenvalue weighted by atomic mass is 10.5. The van der Waals surface area contributed by atoms with Crippen molar-refractivity contribution in [2.45, 2.75) is 20.8 Å². The topological polar surface area (TPSA) is 30.2 Å². The van der Waals surface area contributed by atoms with Crippen LogP contribution in [-0.4, -0.2) is 15.9 Å². The molecule has 0 unspecified atom stereocenters. The lowest BCUT2D eigenvalue weighted by molar-refractivity contribution is 0.866. The summed E-state index contributed by atoms with van der Waals surface area (Å²) in [6.07, 6.45) is 7.52. The third-order valence-electron chi connectivity index (χ3n) is 1.39. The van der Waals surface area contributed by atoms with Gasteiger partial charge in [0.05, 0.1) is 11.9 Å². The summed E-state index contributed by atoms with van der Waals surface area (Å²) in [5.74, 6) is 0.869. The predicted octanol–water partition coefficient (Wildman–Crippen LogP) is 2.08. The van der Waals surface area contributed by atoms with E-state index < -0.39 is 0 Å². The Morgan fingerprint density at radius 1 is 1.50 bits per heavy atom. The van der Waals surface area contributed by atoms with Crippen molar-refractivity contribution in [1.29, 1.82) is 0 Å². The largest absolute Gasteiger partial charge is 0.232 e. The molecule has 0 spiro atoms. The average Bonchev–Trinajstić information content (AvgIpc) is 2.33. The van der Waals surface area contributed by atoms with E-state index in [0.717, 1.165) is 11.5 Å². The van der Waals surface area contributed by atoms with Crippen LogP contribution in [0, 0.1) is 6.92 Å². The molecule has 0 aliphatic heterocycles. The van der Waals surface area contributed by atoms with Crippen LogP contribution in [0.15, 0.2) is 17.4 Å². The molecule has 0 amide bonds. The minimum Gasteiger partial charge on any atom is -0.232 e. The molecule has 3 nitrogen and oxygen atoms in total. The van der Waals surface area contributed by atoms with Crippen LogP contribution in [0.2, 0.25) is 0 Å².